The fraction of sp³-hybridized carbons (Fsp3) is 0.154. The maximum atomic E-state index is 13.5. The Hall–Kier alpha value is -1.81. The molecule has 94 valence electrons. The van der Waals surface area contributed by atoms with Crippen LogP contribution in [0.5, 0.6) is 5.75 Å². The highest BCUT2D eigenvalue weighted by atomic mass is 35.5. The van der Waals surface area contributed by atoms with Crippen LogP contribution in [0.25, 0.3) is 0 Å². The van der Waals surface area contributed by atoms with Crippen molar-refractivity contribution in [3.8, 4) is 5.75 Å². The number of aromatic nitrogens is 1. The number of anilines is 1. The van der Waals surface area contributed by atoms with Crippen molar-refractivity contribution in [2.75, 3.05) is 12.4 Å². The van der Waals surface area contributed by atoms with E-state index in [1.165, 1.54) is 12.1 Å². The van der Waals surface area contributed by atoms with Crippen LogP contribution in [0.1, 0.15) is 5.56 Å². The van der Waals surface area contributed by atoms with E-state index in [1.807, 2.05) is 12.1 Å². The lowest BCUT2D eigenvalue weighted by atomic mass is 10.3. The molecular formula is C13H12ClFN2O. The summed E-state index contributed by atoms with van der Waals surface area (Å²) in [5.41, 5.74) is 0.855. The molecule has 1 heterocycles. The largest absolute Gasteiger partial charge is 0.486 e. The molecule has 0 saturated carbocycles. The molecule has 0 spiro atoms. The van der Waals surface area contributed by atoms with Crippen LogP contribution >= 0.6 is 11.6 Å². The Morgan fingerprint density at radius 2 is 2.17 bits per heavy atom. The van der Waals surface area contributed by atoms with Crippen LogP contribution in [-0.2, 0) is 6.61 Å². The van der Waals surface area contributed by atoms with Gasteiger partial charge in [-0.3, -0.25) is 0 Å². The van der Waals surface area contributed by atoms with Crippen molar-refractivity contribution in [1.29, 1.82) is 0 Å². The monoisotopic (exact) mass is 266 g/mol. The first-order valence-electron chi connectivity index (χ1n) is 5.40. The Labute approximate surface area is 110 Å². The first-order chi connectivity index (χ1) is 8.70. The number of ether oxygens (including phenoxy) is 1. The molecule has 3 nitrogen and oxygen atoms in total. The van der Waals surface area contributed by atoms with Crippen LogP contribution < -0.4 is 10.1 Å². The molecule has 0 bridgehead atoms. The Balaban J connectivity index is 2.04. The number of pyridine rings is 1. The first-order valence-corrected chi connectivity index (χ1v) is 5.78. The molecule has 0 aliphatic heterocycles. The van der Waals surface area contributed by atoms with Gasteiger partial charge in [0.2, 0.25) is 0 Å². The van der Waals surface area contributed by atoms with Gasteiger partial charge in [0.15, 0.2) is 11.6 Å². The average molecular weight is 267 g/mol. The summed E-state index contributed by atoms with van der Waals surface area (Å²) in [7, 11) is 1.79. The van der Waals surface area contributed by atoms with Crippen LogP contribution in [0.3, 0.4) is 0 Å². The van der Waals surface area contributed by atoms with Gasteiger partial charge in [0.25, 0.3) is 0 Å². The van der Waals surface area contributed by atoms with Crippen LogP contribution in [0.2, 0.25) is 5.02 Å². The summed E-state index contributed by atoms with van der Waals surface area (Å²) in [6.45, 7) is 0.244. The molecule has 0 atom stereocenters. The van der Waals surface area contributed by atoms with Gasteiger partial charge in [-0.15, -0.1) is 0 Å². The number of nitrogens with one attached hydrogen (secondary N) is 1. The summed E-state index contributed by atoms with van der Waals surface area (Å²) < 4.78 is 18.9. The van der Waals surface area contributed by atoms with Gasteiger partial charge in [-0.1, -0.05) is 23.7 Å². The number of hydrogen-bond acceptors (Lipinski definition) is 3. The topological polar surface area (TPSA) is 34.1 Å². The van der Waals surface area contributed by atoms with Gasteiger partial charge in [-0.2, -0.15) is 0 Å². The molecule has 5 heteroatoms. The van der Waals surface area contributed by atoms with E-state index in [4.69, 9.17) is 16.3 Å². The zero-order valence-electron chi connectivity index (χ0n) is 9.78. The smallest absolute Gasteiger partial charge is 0.183 e. The van der Waals surface area contributed by atoms with E-state index in [0.717, 1.165) is 11.4 Å². The molecule has 0 amide bonds. The molecule has 0 fully saturated rings. The normalized spacial score (nSPS) is 10.2. The fourth-order valence-corrected chi connectivity index (χ4v) is 1.58. The fourth-order valence-electron chi connectivity index (χ4n) is 1.41. The van der Waals surface area contributed by atoms with Crippen LogP contribution in [0, 0.1) is 5.82 Å². The molecule has 1 aromatic carbocycles. The molecule has 0 saturated heterocycles. The van der Waals surface area contributed by atoms with Gasteiger partial charge in [0.05, 0.1) is 5.02 Å². The van der Waals surface area contributed by atoms with Gasteiger partial charge < -0.3 is 10.1 Å². The van der Waals surface area contributed by atoms with E-state index in [2.05, 4.69) is 10.3 Å². The predicted octanol–water partition coefficient (Wildman–Crippen LogP) is 3.49. The number of rotatable bonds is 4. The van der Waals surface area contributed by atoms with Gasteiger partial charge in [0.1, 0.15) is 12.4 Å². The summed E-state index contributed by atoms with van der Waals surface area (Å²) in [6.07, 6.45) is 1.67. The van der Waals surface area contributed by atoms with Gasteiger partial charge in [0, 0.05) is 18.8 Å². The van der Waals surface area contributed by atoms with E-state index in [9.17, 15) is 4.39 Å². The minimum absolute atomic E-state index is 0.0520. The third-order valence-electron chi connectivity index (χ3n) is 2.39. The second-order valence-electron chi connectivity index (χ2n) is 3.64. The lowest BCUT2D eigenvalue weighted by molar-refractivity contribution is 0.290. The molecule has 1 N–H and O–H groups in total. The second-order valence-corrected chi connectivity index (χ2v) is 4.05. The summed E-state index contributed by atoms with van der Waals surface area (Å²) >= 11 is 5.66. The van der Waals surface area contributed by atoms with Crippen molar-refractivity contribution in [3.63, 3.8) is 0 Å². The standard InChI is InChI=1S/C13H12ClFN2O/c1-16-12-6-5-9(7-17-12)8-18-11-4-2-3-10(14)13(11)15/h2-7H,8H2,1H3,(H,16,17). The Morgan fingerprint density at radius 3 is 2.83 bits per heavy atom. The summed E-state index contributed by atoms with van der Waals surface area (Å²) in [5, 5.41) is 2.97. The van der Waals surface area contributed by atoms with Crippen molar-refractivity contribution >= 4 is 17.4 Å². The first kappa shape index (κ1) is 12.6. The number of benzene rings is 1. The van der Waals surface area contributed by atoms with Crippen LogP contribution in [0.4, 0.5) is 10.2 Å². The average Bonchev–Trinajstić information content (AvgIpc) is 2.41. The zero-order chi connectivity index (χ0) is 13.0. The van der Waals surface area contributed by atoms with E-state index < -0.39 is 5.82 Å². The summed E-state index contributed by atoms with van der Waals surface area (Å²) in [5.74, 6) is 0.367. The quantitative estimate of drug-likeness (QED) is 0.920. The Kier molecular flexibility index (Phi) is 3.99. The highest BCUT2D eigenvalue weighted by Crippen LogP contribution is 2.24. The van der Waals surface area contributed by atoms with Gasteiger partial charge >= 0.3 is 0 Å². The Morgan fingerprint density at radius 1 is 1.33 bits per heavy atom. The van der Waals surface area contributed by atoms with Crippen molar-refractivity contribution in [1.82, 2.24) is 4.98 Å². The molecule has 0 unspecified atom stereocenters. The molecule has 18 heavy (non-hydrogen) atoms. The molecule has 2 rings (SSSR count). The summed E-state index contributed by atoms with van der Waals surface area (Å²) in [6, 6.07) is 8.35. The van der Waals surface area contributed by atoms with E-state index in [-0.39, 0.29) is 17.4 Å². The number of halogens is 2. The van der Waals surface area contributed by atoms with Gasteiger partial charge in [-0.25, -0.2) is 9.37 Å². The lowest BCUT2D eigenvalue weighted by Gasteiger charge is -2.08. The minimum atomic E-state index is -0.543. The molecular weight excluding hydrogens is 255 g/mol. The molecule has 1 aromatic heterocycles. The van der Waals surface area contributed by atoms with E-state index in [1.54, 1.807) is 19.3 Å². The van der Waals surface area contributed by atoms with Crippen molar-refractivity contribution in [2.24, 2.45) is 0 Å². The van der Waals surface area contributed by atoms with Crippen LogP contribution in [0.15, 0.2) is 36.5 Å². The predicted molar refractivity (Wildman–Crippen MR) is 69.5 cm³/mol. The molecule has 2 aromatic rings. The number of nitrogens with zero attached hydrogens (tertiary/aromatic N) is 1. The SMILES string of the molecule is CNc1ccc(COc2cccc(Cl)c2F)cn1. The third-order valence-corrected chi connectivity index (χ3v) is 2.68. The van der Waals surface area contributed by atoms with Gasteiger partial charge in [-0.05, 0) is 18.2 Å². The highest BCUT2D eigenvalue weighted by molar-refractivity contribution is 6.30. The Bertz CT molecular complexity index is 531. The lowest BCUT2D eigenvalue weighted by Crippen LogP contribution is -1.99. The van der Waals surface area contributed by atoms with E-state index >= 15 is 0 Å². The summed E-state index contributed by atoms with van der Waals surface area (Å²) in [4.78, 5) is 4.14. The maximum Gasteiger partial charge on any atom is 0.183 e. The van der Waals surface area contributed by atoms with Crippen molar-refractivity contribution in [3.05, 3.63) is 52.9 Å². The number of hydrogen-bond donors (Lipinski definition) is 1. The third kappa shape index (κ3) is 2.90. The second kappa shape index (κ2) is 5.69. The molecule has 0 aliphatic carbocycles. The highest BCUT2D eigenvalue weighted by Gasteiger charge is 2.07. The van der Waals surface area contributed by atoms with Crippen molar-refractivity contribution < 1.29 is 9.13 Å². The zero-order valence-corrected chi connectivity index (χ0v) is 10.5. The minimum Gasteiger partial charge on any atom is -0.486 e. The van der Waals surface area contributed by atoms with E-state index in [0.29, 0.717) is 0 Å². The molecule has 0 aliphatic rings. The molecule has 0 radical (unpaired) electrons. The van der Waals surface area contributed by atoms with Crippen LogP contribution in [-0.4, -0.2) is 12.0 Å². The maximum absolute atomic E-state index is 13.5. The van der Waals surface area contributed by atoms with Crippen molar-refractivity contribution in [2.45, 2.75) is 6.61 Å².